The van der Waals surface area contributed by atoms with Gasteiger partial charge in [-0.1, -0.05) is 15.9 Å². The van der Waals surface area contributed by atoms with Gasteiger partial charge < -0.3 is 10.2 Å². The molecule has 0 aliphatic rings. The van der Waals surface area contributed by atoms with E-state index in [1.165, 1.54) is 21.0 Å². The van der Waals surface area contributed by atoms with Crippen LogP contribution in [-0.4, -0.2) is 14.1 Å². The van der Waals surface area contributed by atoms with E-state index in [1.54, 1.807) is 0 Å². The summed E-state index contributed by atoms with van der Waals surface area (Å²) in [6, 6.07) is 8.59. The SMILES string of the molecule is Cc1cc(CNc2cc(Br)ccc2N(C)C)c(C)s1. The number of hydrogen-bond acceptors (Lipinski definition) is 3. The minimum absolute atomic E-state index is 0.869. The van der Waals surface area contributed by atoms with Crippen LogP contribution in [0.4, 0.5) is 11.4 Å². The Morgan fingerprint density at radius 1 is 1.21 bits per heavy atom. The first kappa shape index (κ1) is 14.4. The molecule has 0 spiro atoms. The Bertz CT molecular complexity index is 576. The van der Waals surface area contributed by atoms with Gasteiger partial charge in [0.05, 0.1) is 11.4 Å². The van der Waals surface area contributed by atoms with Crippen LogP contribution >= 0.6 is 27.3 Å². The average molecular weight is 339 g/mol. The maximum absolute atomic E-state index is 3.54. The van der Waals surface area contributed by atoms with Crippen molar-refractivity contribution in [2.45, 2.75) is 20.4 Å². The molecule has 1 N–H and O–H groups in total. The summed E-state index contributed by atoms with van der Waals surface area (Å²) >= 11 is 5.39. The highest BCUT2D eigenvalue weighted by Gasteiger charge is 2.07. The number of nitrogens with one attached hydrogen (secondary N) is 1. The first-order valence-corrected chi connectivity index (χ1v) is 7.85. The van der Waals surface area contributed by atoms with E-state index in [0.717, 1.165) is 16.7 Å². The van der Waals surface area contributed by atoms with E-state index >= 15 is 0 Å². The Hall–Kier alpha value is -1.00. The van der Waals surface area contributed by atoms with Gasteiger partial charge in [-0.2, -0.15) is 0 Å². The van der Waals surface area contributed by atoms with Crippen molar-refractivity contribution in [2.24, 2.45) is 0 Å². The van der Waals surface area contributed by atoms with Crippen molar-refractivity contribution < 1.29 is 0 Å². The second-order valence-electron chi connectivity index (χ2n) is 4.85. The fraction of sp³-hybridized carbons (Fsp3) is 0.333. The molecule has 0 aliphatic heterocycles. The van der Waals surface area contributed by atoms with E-state index in [4.69, 9.17) is 0 Å². The summed E-state index contributed by atoms with van der Waals surface area (Å²) in [6.45, 7) is 5.21. The van der Waals surface area contributed by atoms with E-state index in [-0.39, 0.29) is 0 Å². The Labute approximate surface area is 127 Å². The average Bonchev–Trinajstić information content (AvgIpc) is 2.65. The second-order valence-corrected chi connectivity index (χ2v) is 7.22. The lowest BCUT2D eigenvalue weighted by Gasteiger charge is -2.19. The molecule has 0 saturated carbocycles. The van der Waals surface area contributed by atoms with Gasteiger partial charge in [-0.25, -0.2) is 0 Å². The fourth-order valence-electron chi connectivity index (χ4n) is 2.09. The van der Waals surface area contributed by atoms with Gasteiger partial charge in [0.25, 0.3) is 0 Å². The molecule has 0 atom stereocenters. The third-order valence-corrected chi connectivity index (χ3v) is 4.55. The standard InChI is InChI=1S/C15H19BrN2S/c1-10-7-12(11(2)19-10)9-17-14-8-13(16)5-6-15(14)18(3)4/h5-8,17H,9H2,1-4H3. The third-order valence-electron chi connectivity index (χ3n) is 3.05. The van der Waals surface area contributed by atoms with Crippen molar-refractivity contribution >= 4 is 38.6 Å². The Kier molecular flexibility index (Phi) is 4.53. The number of hydrogen-bond donors (Lipinski definition) is 1. The summed E-state index contributed by atoms with van der Waals surface area (Å²) in [4.78, 5) is 4.89. The molecule has 1 heterocycles. The van der Waals surface area contributed by atoms with Crippen molar-refractivity contribution in [3.63, 3.8) is 0 Å². The quantitative estimate of drug-likeness (QED) is 0.860. The third kappa shape index (κ3) is 3.51. The molecule has 102 valence electrons. The van der Waals surface area contributed by atoms with Gasteiger partial charge in [0, 0.05) is 34.9 Å². The molecular formula is C15H19BrN2S. The number of thiophene rings is 1. The molecule has 0 fully saturated rings. The molecule has 0 amide bonds. The summed E-state index contributed by atoms with van der Waals surface area (Å²) in [5.41, 5.74) is 3.74. The van der Waals surface area contributed by atoms with E-state index in [2.05, 4.69) is 78.4 Å². The van der Waals surface area contributed by atoms with Gasteiger partial charge >= 0.3 is 0 Å². The number of anilines is 2. The maximum atomic E-state index is 3.54. The Morgan fingerprint density at radius 2 is 1.95 bits per heavy atom. The van der Waals surface area contributed by atoms with Crippen molar-refractivity contribution in [3.05, 3.63) is 44.1 Å². The zero-order valence-corrected chi connectivity index (χ0v) is 14.2. The lowest BCUT2D eigenvalue weighted by molar-refractivity contribution is 1.10. The molecule has 0 unspecified atom stereocenters. The van der Waals surface area contributed by atoms with Crippen LogP contribution in [0.2, 0.25) is 0 Å². The topological polar surface area (TPSA) is 15.3 Å². The molecule has 1 aromatic heterocycles. The maximum Gasteiger partial charge on any atom is 0.0597 e. The Balaban J connectivity index is 2.19. The van der Waals surface area contributed by atoms with E-state index < -0.39 is 0 Å². The first-order valence-electron chi connectivity index (χ1n) is 6.24. The molecule has 0 saturated heterocycles. The molecule has 0 bridgehead atoms. The highest BCUT2D eigenvalue weighted by molar-refractivity contribution is 9.10. The number of benzene rings is 1. The van der Waals surface area contributed by atoms with Crippen LogP contribution < -0.4 is 10.2 Å². The lowest BCUT2D eigenvalue weighted by atomic mass is 10.2. The van der Waals surface area contributed by atoms with Crippen LogP contribution in [0.5, 0.6) is 0 Å². The second kappa shape index (κ2) is 5.97. The van der Waals surface area contributed by atoms with Gasteiger partial charge in [0.2, 0.25) is 0 Å². The van der Waals surface area contributed by atoms with Crippen LogP contribution in [0.25, 0.3) is 0 Å². The minimum atomic E-state index is 0.869. The van der Waals surface area contributed by atoms with Crippen LogP contribution in [0.15, 0.2) is 28.7 Å². The summed E-state index contributed by atoms with van der Waals surface area (Å²) in [6.07, 6.45) is 0. The van der Waals surface area contributed by atoms with Gasteiger partial charge in [0.1, 0.15) is 0 Å². The van der Waals surface area contributed by atoms with Crippen LogP contribution in [0.1, 0.15) is 15.3 Å². The molecule has 1 aromatic carbocycles. The highest BCUT2D eigenvalue weighted by Crippen LogP contribution is 2.29. The van der Waals surface area contributed by atoms with Gasteiger partial charge in [-0.15, -0.1) is 11.3 Å². The summed E-state index contributed by atoms with van der Waals surface area (Å²) < 4.78 is 1.10. The molecular weight excluding hydrogens is 320 g/mol. The van der Waals surface area contributed by atoms with Crippen molar-refractivity contribution in [3.8, 4) is 0 Å². The van der Waals surface area contributed by atoms with Crippen LogP contribution in [0.3, 0.4) is 0 Å². The molecule has 0 aliphatic carbocycles. The van der Waals surface area contributed by atoms with E-state index in [1.807, 2.05) is 11.3 Å². The normalized spacial score (nSPS) is 10.6. The lowest BCUT2D eigenvalue weighted by Crippen LogP contribution is -2.12. The molecule has 2 aromatic rings. The van der Waals surface area contributed by atoms with Crippen molar-refractivity contribution in [2.75, 3.05) is 24.3 Å². The number of rotatable bonds is 4. The molecule has 0 radical (unpaired) electrons. The van der Waals surface area contributed by atoms with E-state index in [9.17, 15) is 0 Å². The zero-order chi connectivity index (χ0) is 14.0. The van der Waals surface area contributed by atoms with Gasteiger partial charge in [0.15, 0.2) is 0 Å². The van der Waals surface area contributed by atoms with Crippen LogP contribution in [0, 0.1) is 13.8 Å². The number of nitrogens with zero attached hydrogens (tertiary/aromatic N) is 1. The molecule has 19 heavy (non-hydrogen) atoms. The monoisotopic (exact) mass is 338 g/mol. The predicted octanol–water partition coefficient (Wildman–Crippen LogP) is 4.81. The first-order chi connectivity index (χ1) is 8.97. The van der Waals surface area contributed by atoms with E-state index in [0.29, 0.717) is 0 Å². The molecule has 2 rings (SSSR count). The van der Waals surface area contributed by atoms with Crippen molar-refractivity contribution in [1.29, 1.82) is 0 Å². The van der Waals surface area contributed by atoms with Gasteiger partial charge in [-0.05, 0) is 43.7 Å². The number of halogens is 1. The summed E-state index contributed by atoms with van der Waals surface area (Å²) in [7, 11) is 4.13. The fourth-order valence-corrected chi connectivity index (χ4v) is 3.40. The molecule has 4 heteroatoms. The van der Waals surface area contributed by atoms with Crippen molar-refractivity contribution in [1.82, 2.24) is 0 Å². The van der Waals surface area contributed by atoms with Crippen LogP contribution in [-0.2, 0) is 6.54 Å². The zero-order valence-electron chi connectivity index (χ0n) is 11.7. The van der Waals surface area contributed by atoms with Gasteiger partial charge in [-0.3, -0.25) is 0 Å². The summed E-state index contributed by atoms with van der Waals surface area (Å²) in [5, 5.41) is 3.54. The minimum Gasteiger partial charge on any atom is -0.379 e. The molecule has 2 nitrogen and oxygen atoms in total. The summed E-state index contributed by atoms with van der Waals surface area (Å²) in [5.74, 6) is 0. The number of aryl methyl sites for hydroxylation is 2. The highest BCUT2D eigenvalue weighted by atomic mass is 79.9. The largest absolute Gasteiger partial charge is 0.379 e. The Morgan fingerprint density at radius 3 is 2.53 bits per heavy atom. The smallest absolute Gasteiger partial charge is 0.0597 e. The predicted molar refractivity (Wildman–Crippen MR) is 89.6 cm³/mol.